The van der Waals surface area contributed by atoms with Crippen LogP contribution in [-0.4, -0.2) is 55.1 Å². The molecule has 0 radical (unpaired) electrons. The van der Waals surface area contributed by atoms with Crippen molar-refractivity contribution in [2.24, 2.45) is 0 Å². The van der Waals surface area contributed by atoms with Crippen LogP contribution in [0.1, 0.15) is 35.4 Å². The van der Waals surface area contributed by atoms with E-state index in [1.165, 1.54) is 24.3 Å². The van der Waals surface area contributed by atoms with Gasteiger partial charge in [0.05, 0.1) is 10.5 Å². The fraction of sp³-hybridized carbons (Fsp3) is 0.235. The lowest BCUT2D eigenvalue weighted by Crippen LogP contribution is -2.59. The smallest absolute Gasteiger partial charge is 0.441 e. The lowest BCUT2D eigenvalue weighted by molar-refractivity contribution is -0.161. The van der Waals surface area contributed by atoms with Crippen molar-refractivity contribution in [3.63, 3.8) is 0 Å². The lowest BCUT2D eigenvalue weighted by atomic mass is 9.96. The molecule has 0 bridgehead atoms. The van der Waals surface area contributed by atoms with E-state index in [0.717, 1.165) is 46.5 Å². The Labute approximate surface area is 268 Å². The molecule has 244 valence electrons. The third-order valence-corrected chi connectivity index (χ3v) is 11.1. The first-order valence-electron chi connectivity index (χ1n) is 14.7. The lowest BCUT2D eigenvalue weighted by Gasteiger charge is -2.36. The summed E-state index contributed by atoms with van der Waals surface area (Å²) in [6, 6.07) is 24.2. The van der Waals surface area contributed by atoms with Crippen LogP contribution < -0.4 is 10.1 Å². The third-order valence-electron chi connectivity index (χ3n) is 8.57. The number of hydrogen-bond donors (Lipinski definition) is 2. The number of piperidine rings is 1. The number of nitrogens with one attached hydrogen (secondary N) is 1. The molecule has 2 aliphatic rings. The number of hydroxylamine groups is 2. The second kappa shape index (κ2) is 12.5. The molecule has 0 atom stereocenters. The number of halogens is 3. The van der Waals surface area contributed by atoms with Crippen LogP contribution in [0.3, 0.4) is 0 Å². The molecule has 4 aromatic rings. The second-order valence-electron chi connectivity index (χ2n) is 11.3. The fourth-order valence-corrected chi connectivity index (χ4v) is 8.12. The second-order valence-corrected chi connectivity index (χ2v) is 13.5. The van der Waals surface area contributed by atoms with Crippen molar-refractivity contribution in [3.8, 4) is 22.6 Å². The molecule has 1 fully saturated rings. The number of benzene rings is 4. The maximum Gasteiger partial charge on any atom is 0.441 e. The number of amides is 2. The molecule has 13 heteroatoms. The van der Waals surface area contributed by atoms with Gasteiger partial charge in [-0.2, -0.15) is 13.2 Å². The van der Waals surface area contributed by atoms with Crippen molar-refractivity contribution in [2.75, 3.05) is 19.7 Å². The monoisotopic (exact) mass is 666 g/mol. The van der Waals surface area contributed by atoms with Crippen molar-refractivity contribution in [3.05, 3.63) is 114 Å². The molecule has 0 saturated carbocycles. The van der Waals surface area contributed by atoms with Crippen LogP contribution in [0.5, 0.6) is 11.5 Å². The van der Waals surface area contributed by atoms with Gasteiger partial charge in [0, 0.05) is 5.92 Å². The molecule has 1 saturated heterocycles. The average Bonchev–Trinajstić information content (AvgIpc) is 3.40. The molecule has 1 heterocycles. The van der Waals surface area contributed by atoms with E-state index in [0.29, 0.717) is 0 Å². The first-order chi connectivity index (χ1) is 22.4. The summed E-state index contributed by atoms with van der Waals surface area (Å²) in [6.45, 7) is 0.0517. The Morgan fingerprint density at radius 1 is 0.830 bits per heavy atom. The summed E-state index contributed by atoms with van der Waals surface area (Å²) in [6.07, 6.45) is -6.37. The number of carbonyl (C=O) groups is 2. The number of ether oxygens (including phenoxy) is 2. The number of nitrogens with zero attached hydrogens (tertiary/aromatic N) is 1. The molecule has 9 nitrogen and oxygen atoms in total. The number of hydrogen-bond acceptors (Lipinski definition) is 8. The SMILES string of the molecule is O=C(OCC1c2ccccc2-c2ccccc21)N(O)C(=O)C1(S(=O)(=O)c2ccc(Oc3ccc(C(F)(F)F)cc3)cc2)CCNCC1. The van der Waals surface area contributed by atoms with E-state index in [4.69, 9.17) is 9.47 Å². The highest BCUT2D eigenvalue weighted by atomic mass is 32.2. The first kappa shape index (κ1) is 32.2. The van der Waals surface area contributed by atoms with Crippen LogP contribution in [0.15, 0.2) is 102 Å². The summed E-state index contributed by atoms with van der Waals surface area (Å²) in [5, 5.41) is 13.5. The highest BCUT2D eigenvalue weighted by Crippen LogP contribution is 2.45. The molecule has 0 aromatic heterocycles. The van der Waals surface area contributed by atoms with Crippen LogP contribution in [-0.2, 0) is 25.5 Å². The Hall–Kier alpha value is -4.72. The quantitative estimate of drug-likeness (QED) is 0.168. The van der Waals surface area contributed by atoms with Gasteiger partial charge in [-0.25, -0.2) is 13.2 Å². The van der Waals surface area contributed by atoms with Crippen molar-refractivity contribution in [2.45, 2.75) is 34.6 Å². The Bertz CT molecular complexity index is 1860. The Kier molecular flexibility index (Phi) is 8.55. The predicted molar refractivity (Wildman–Crippen MR) is 164 cm³/mol. The number of carbonyl (C=O) groups excluding carboxylic acids is 2. The predicted octanol–water partition coefficient (Wildman–Crippen LogP) is 6.56. The normalized spacial score (nSPS) is 15.7. The van der Waals surface area contributed by atoms with Crippen LogP contribution in [0.2, 0.25) is 0 Å². The van der Waals surface area contributed by atoms with Crippen LogP contribution in [0, 0.1) is 0 Å². The molecule has 2 N–H and O–H groups in total. The molecule has 47 heavy (non-hydrogen) atoms. The molecule has 0 unspecified atom stereocenters. The first-order valence-corrected chi connectivity index (χ1v) is 16.2. The number of sulfone groups is 1. The average molecular weight is 667 g/mol. The number of rotatable bonds is 7. The van der Waals surface area contributed by atoms with Crippen LogP contribution in [0.4, 0.5) is 18.0 Å². The topological polar surface area (TPSA) is 122 Å². The summed E-state index contributed by atoms with van der Waals surface area (Å²) in [5.74, 6) is -1.45. The van der Waals surface area contributed by atoms with Crippen LogP contribution in [0.25, 0.3) is 11.1 Å². The number of fused-ring (bicyclic) bond motifs is 3. The van der Waals surface area contributed by atoms with Gasteiger partial charge in [0.1, 0.15) is 18.1 Å². The molecular weight excluding hydrogens is 637 g/mol. The van der Waals surface area contributed by atoms with Gasteiger partial charge in [-0.3, -0.25) is 10.0 Å². The van der Waals surface area contributed by atoms with Crippen molar-refractivity contribution >= 4 is 21.8 Å². The minimum Gasteiger partial charge on any atom is -0.457 e. The summed E-state index contributed by atoms with van der Waals surface area (Å²) >= 11 is 0. The van der Waals surface area contributed by atoms with E-state index in [2.05, 4.69) is 5.32 Å². The summed E-state index contributed by atoms with van der Waals surface area (Å²) in [7, 11) is -4.50. The molecular formula is C34H29F3N2O7S. The Balaban J connectivity index is 1.18. The van der Waals surface area contributed by atoms with Gasteiger partial charge in [-0.15, -0.1) is 5.06 Å². The number of imide groups is 1. The zero-order valence-corrected chi connectivity index (χ0v) is 25.6. The third kappa shape index (κ3) is 5.97. The van der Waals surface area contributed by atoms with E-state index in [9.17, 15) is 36.4 Å². The largest absolute Gasteiger partial charge is 0.457 e. The minimum absolute atomic E-state index is 0.0950. The highest BCUT2D eigenvalue weighted by molar-refractivity contribution is 7.93. The van der Waals surface area contributed by atoms with Gasteiger partial charge in [0.15, 0.2) is 14.6 Å². The molecule has 4 aromatic carbocycles. The van der Waals surface area contributed by atoms with E-state index in [1.807, 2.05) is 48.5 Å². The van der Waals surface area contributed by atoms with Gasteiger partial charge < -0.3 is 14.8 Å². The summed E-state index contributed by atoms with van der Waals surface area (Å²) in [4.78, 5) is 26.5. The van der Waals surface area contributed by atoms with Gasteiger partial charge in [-0.1, -0.05) is 48.5 Å². The zero-order valence-electron chi connectivity index (χ0n) is 24.7. The summed E-state index contributed by atoms with van der Waals surface area (Å²) < 4.78 is 75.5. The van der Waals surface area contributed by atoms with Crippen molar-refractivity contribution < 1.29 is 45.9 Å². The maximum absolute atomic E-state index is 14.0. The highest BCUT2D eigenvalue weighted by Gasteiger charge is 2.55. The van der Waals surface area contributed by atoms with Crippen molar-refractivity contribution in [1.82, 2.24) is 10.4 Å². The van der Waals surface area contributed by atoms with E-state index >= 15 is 0 Å². The molecule has 6 rings (SSSR count). The standard InChI is InChI=1S/C34H29F3N2O7S/c35-34(36,37)22-9-11-23(12-10-22)46-24-13-15-25(16-14-24)47(43,44)33(17-19-38-20-18-33)31(40)39(42)32(41)45-21-30-28-7-3-1-5-26(28)27-6-2-4-8-29(27)30/h1-16,30,38,42H,17-21H2. The van der Waals surface area contributed by atoms with Crippen molar-refractivity contribution in [1.29, 1.82) is 0 Å². The van der Waals surface area contributed by atoms with E-state index < -0.39 is 38.3 Å². The Morgan fingerprint density at radius 3 is 1.87 bits per heavy atom. The summed E-state index contributed by atoms with van der Waals surface area (Å²) in [5.41, 5.74) is 2.95. The molecule has 0 spiro atoms. The maximum atomic E-state index is 14.0. The van der Waals surface area contributed by atoms with Gasteiger partial charge in [-0.05, 0) is 96.7 Å². The Morgan fingerprint density at radius 2 is 1.34 bits per heavy atom. The minimum atomic E-state index is -4.51. The number of alkyl halides is 3. The van der Waals surface area contributed by atoms with Gasteiger partial charge in [0.2, 0.25) is 0 Å². The van der Waals surface area contributed by atoms with E-state index in [-0.39, 0.29) is 59.9 Å². The van der Waals surface area contributed by atoms with Gasteiger partial charge in [0.25, 0.3) is 5.91 Å². The fourth-order valence-electron chi connectivity index (χ4n) is 6.12. The molecule has 2 amide bonds. The molecule has 1 aliphatic carbocycles. The van der Waals surface area contributed by atoms with Gasteiger partial charge >= 0.3 is 12.3 Å². The zero-order chi connectivity index (χ0) is 33.4. The molecule has 1 aliphatic heterocycles. The van der Waals surface area contributed by atoms with E-state index in [1.54, 1.807) is 0 Å². The van der Waals surface area contributed by atoms with Crippen LogP contribution >= 0.6 is 0 Å².